The van der Waals surface area contributed by atoms with Crippen molar-refractivity contribution >= 4 is 13.8 Å². The van der Waals surface area contributed by atoms with Crippen molar-refractivity contribution in [3.63, 3.8) is 0 Å². The maximum absolute atomic E-state index is 10.7. The summed E-state index contributed by atoms with van der Waals surface area (Å²) >= 11 is 0. The van der Waals surface area contributed by atoms with Crippen molar-refractivity contribution < 1.29 is 14.4 Å². The van der Waals surface area contributed by atoms with Crippen LogP contribution in [0.4, 0.5) is 5.69 Å². The second kappa shape index (κ2) is 6.51. The molecule has 0 aliphatic rings. The van der Waals surface area contributed by atoms with E-state index in [4.69, 9.17) is 9.47 Å². The Hall–Kier alpha value is -1.40. The summed E-state index contributed by atoms with van der Waals surface area (Å²) in [5.74, 6) is 0.246. The third kappa shape index (κ3) is 5.28. The van der Waals surface area contributed by atoms with Crippen LogP contribution in [0.15, 0.2) is 24.3 Å². The Balaban J connectivity index is 2.38. The van der Waals surface area contributed by atoms with Gasteiger partial charge in [-0.3, -0.25) is 10.1 Å². The molecule has 5 nitrogen and oxygen atoms in total. The highest BCUT2D eigenvalue weighted by molar-refractivity contribution is 6.76. The fourth-order valence-corrected chi connectivity index (χ4v) is 2.03. The van der Waals surface area contributed by atoms with Gasteiger partial charge in [0, 0.05) is 20.7 Å². The van der Waals surface area contributed by atoms with E-state index in [0.717, 1.165) is 6.04 Å². The van der Waals surface area contributed by atoms with Crippen LogP contribution in [0.5, 0.6) is 5.75 Å². The second-order valence-corrected chi connectivity index (χ2v) is 10.8. The SMILES string of the molecule is C[Si](C)(C)CCOCOc1ccccc1[N+](=O)[O-]. The molecule has 0 aliphatic carbocycles. The van der Waals surface area contributed by atoms with Crippen LogP contribution < -0.4 is 4.74 Å². The number of para-hydroxylation sites is 2. The zero-order valence-electron chi connectivity index (χ0n) is 11.0. The summed E-state index contributed by atoms with van der Waals surface area (Å²) in [6.07, 6.45) is 0. The van der Waals surface area contributed by atoms with Crippen molar-refractivity contribution in [2.24, 2.45) is 0 Å². The normalized spacial score (nSPS) is 11.3. The van der Waals surface area contributed by atoms with Gasteiger partial charge in [0.05, 0.1) is 4.92 Å². The van der Waals surface area contributed by atoms with Crippen LogP contribution in [0, 0.1) is 10.1 Å². The van der Waals surface area contributed by atoms with Crippen LogP contribution in [0.1, 0.15) is 0 Å². The molecule has 100 valence electrons. The Morgan fingerprint density at radius 1 is 1.28 bits per heavy atom. The van der Waals surface area contributed by atoms with Crippen molar-refractivity contribution in [3.8, 4) is 5.75 Å². The van der Waals surface area contributed by atoms with E-state index in [1.54, 1.807) is 18.2 Å². The fraction of sp³-hybridized carbons (Fsp3) is 0.500. The zero-order valence-corrected chi connectivity index (χ0v) is 12.0. The Bertz CT molecular complexity index is 403. The summed E-state index contributed by atoms with van der Waals surface area (Å²) < 4.78 is 10.6. The number of hydrogen-bond acceptors (Lipinski definition) is 4. The summed E-state index contributed by atoms with van der Waals surface area (Å²) in [4.78, 5) is 10.3. The second-order valence-electron chi connectivity index (χ2n) is 5.21. The summed E-state index contributed by atoms with van der Waals surface area (Å²) in [5.41, 5.74) is -0.0358. The average molecular weight is 269 g/mol. The Labute approximate surface area is 108 Å². The van der Waals surface area contributed by atoms with Crippen LogP contribution in [-0.2, 0) is 4.74 Å². The third-order valence-electron chi connectivity index (χ3n) is 2.36. The molecular weight excluding hydrogens is 250 g/mol. The van der Waals surface area contributed by atoms with E-state index in [-0.39, 0.29) is 18.2 Å². The number of nitro benzene ring substituents is 1. The number of nitro groups is 1. The molecule has 0 aliphatic heterocycles. The molecule has 0 unspecified atom stereocenters. The van der Waals surface area contributed by atoms with Crippen molar-refractivity contribution in [1.29, 1.82) is 0 Å². The first kappa shape index (κ1) is 14.7. The lowest BCUT2D eigenvalue weighted by atomic mass is 10.3. The first-order chi connectivity index (χ1) is 8.40. The Morgan fingerprint density at radius 3 is 2.56 bits per heavy atom. The van der Waals surface area contributed by atoms with E-state index in [2.05, 4.69) is 19.6 Å². The molecule has 0 amide bonds. The smallest absolute Gasteiger partial charge is 0.311 e. The number of nitrogens with zero attached hydrogens (tertiary/aromatic N) is 1. The predicted molar refractivity (Wildman–Crippen MR) is 72.7 cm³/mol. The number of benzene rings is 1. The average Bonchev–Trinajstić information content (AvgIpc) is 2.27. The van der Waals surface area contributed by atoms with Gasteiger partial charge in [-0.15, -0.1) is 0 Å². The number of ether oxygens (including phenoxy) is 2. The molecule has 0 fully saturated rings. The van der Waals surface area contributed by atoms with E-state index >= 15 is 0 Å². The van der Waals surface area contributed by atoms with Gasteiger partial charge in [0.2, 0.25) is 0 Å². The number of hydrogen-bond donors (Lipinski definition) is 0. The van der Waals surface area contributed by atoms with Gasteiger partial charge in [-0.1, -0.05) is 31.8 Å². The molecule has 0 heterocycles. The van der Waals surface area contributed by atoms with Gasteiger partial charge in [0.1, 0.15) is 0 Å². The van der Waals surface area contributed by atoms with Gasteiger partial charge in [0.25, 0.3) is 0 Å². The first-order valence-electron chi connectivity index (χ1n) is 5.84. The fourth-order valence-electron chi connectivity index (χ4n) is 1.27. The van der Waals surface area contributed by atoms with E-state index in [9.17, 15) is 10.1 Å². The Morgan fingerprint density at radius 2 is 1.94 bits per heavy atom. The third-order valence-corrected chi connectivity index (χ3v) is 4.06. The summed E-state index contributed by atoms with van der Waals surface area (Å²) in [7, 11) is -1.10. The summed E-state index contributed by atoms with van der Waals surface area (Å²) in [6.45, 7) is 7.48. The van der Waals surface area contributed by atoms with Gasteiger partial charge in [-0.25, -0.2) is 0 Å². The molecule has 0 saturated carbocycles. The molecule has 0 aromatic heterocycles. The zero-order chi connectivity index (χ0) is 13.6. The largest absolute Gasteiger partial charge is 0.460 e. The molecule has 1 aromatic rings. The molecule has 0 radical (unpaired) electrons. The van der Waals surface area contributed by atoms with Crippen molar-refractivity contribution in [2.45, 2.75) is 25.7 Å². The van der Waals surface area contributed by atoms with Gasteiger partial charge in [-0.2, -0.15) is 0 Å². The van der Waals surface area contributed by atoms with Crippen molar-refractivity contribution in [1.82, 2.24) is 0 Å². The van der Waals surface area contributed by atoms with Gasteiger partial charge >= 0.3 is 5.69 Å². The topological polar surface area (TPSA) is 61.6 Å². The van der Waals surface area contributed by atoms with E-state index < -0.39 is 13.0 Å². The lowest BCUT2D eigenvalue weighted by molar-refractivity contribution is -0.386. The van der Waals surface area contributed by atoms with Crippen molar-refractivity contribution in [2.75, 3.05) is 13.4 Å². The van der Waals surface area contributed by atoms with Crippen molar-refractivity contribution in [3.05, 3.63) is 34.4 Å². The molecule has 0 saturated heterocycles. The highest BCUT2D eigenvalue weighted by atomic mass is 28.3. The highest BCUT2D eigenvalue weighted by Crippen LogP contribution is 2.25. The van der Waals surface area contributed by atoms with E-state index in [1.807, 2.05) is 0 Å². The maximum atomic E-state index is 10.7. The minimum Gasteiger partial charge on any atom is -0.460 e. The monoisotopic (exact) mass is 269 g/mol. The van der Waals surface area contributed by atoms with Crippen LogP contribution >= 0.6 is 0 Å². The molecule has 0 spiro atoms. The lowest BCUT2D eigenvalue weighted by Gasteiger charge is -2.15. The van der Waals surface area contributed by atoms with Crippen LogP contribution in [0.25, 0.3) is 0 Å². The Kier molecular flexibility index (Phi) is 5.30. The van der Waals surface area contributed by atoms with E-state index in [0.29, 0.717) is 6.61 Å². The highest BCUT2D eigenvalue weighted by Gasteiger charge is 2.14. The molecule has 1 aromatic carbocycles. The summed E-state index contributed by atoms with van der Waals surface area (Å²) in [5, 5.41) is 10.7. The first-order valence-corrected chi connectivity index (χ1v) is 9.55. The lowest BCUT2D eigenvalue weighted by Crippen LogP contribution is -2.22. The van der Waals surface area contributed by atoms with Crippen LogP contribution in [0.3, 0.4) is 0 Å². The predicted octanol–water partition coefficient (Wildman–Crippen LogP) is 3.29. The maximum Gasteiger partial charge on any atom is 0.311 e. The molecule has 0 N–H and O–H groups in total. The van der Waals surface area contributed by atoms with Crippen LogP contribution in [0.2, 0.25) is 25.7 Å². The molecule has 0 bridgehead atoms. The minimum atomic E-state index is -1.10. The molecular formula is C12H19NO4Si. The molecule has 18 heavy (non-hydrogen) atoms. The van der Waals surface area contributed by atoms with E-state index in [1.165, 1.54) is 6.07 Å². The molecule has 1 rings (SSSR count). The van der Waals surface area contributed by atoms with Gasteiger partial charge < -0.3 is 9.47 Å². The molecule has 6 heteroatoms. The number of rotatable bonds is 7. The van der Waals surface area contributed by atoms with Crippen LogP contribution in [-0.4, -0.2) is 26.4 Å². The quantitative estimate of drug-likeness (QED) is 0.250. The standard InChI is InChI=1S/C12H19NO4Si/c1-18(2,3)9-8-16-10-17-12-7-5-4-6-11(12)13(14)15/h4-7H,8-10H2,1-3H3. The van der Waals surface area contributed by atoms with Gasteiger partial charge in [0.15, 0.2) is 12.5 Å². The molecule has 0 atom stereocenters. The van der Waals surface area contributed by atoms with Gasteiger partial charge in [-0.05, 0) is 12.1 Å². The summed E-state index contributed by atoms with van der Waals surface area (Å²) in [6, 6.07) is 7.34. The minimum absolute atomic E-state index is 0.0358.